The maximum absolute atomic E-state index is 12.1. The summed E-state index contributed by atoms with van der Waals surface area (Å²) >= 11 is 0. The molecule has 0 atom stereocenters. The van der Waals surface area contributed by atoms with E-state index in [0.717, 1.165) is 11.1 Å². The highest BCUT2D eigenvalue weighted by Crippen LogP contribution is 2.27. The molecule has 1 amide bonds. The molecule has 0 bridgehead atoms. The Morgan fingerprint density at radius 1 is 1.04 bits per heavy atom. The normalized spacial score (nSPS) is 11.0. The van der Waals surface area contributed by atoms with Crippen LogP contribution in [0.4, 0.5) is 5.69 Å². The van der Waals surface area contributed by atoms with Crippen molar-refractivity contribution in [2.45, 2.75) is 13.0 Å². The minimum Gasteiger partial charge on any atom is -0.493 e. The van der Waals surface area contributed by atoms with Crippen molar-refractivity contribution in [1.29, 1.82) is 0 Å². The molecule has 0 saturated carbocycles. The largest absolute Gasteiger partial charge is 0.493 e. The quantitative estimate of drug-likeness (QED) is 0.418. The molecule has 0 saturated heterocycles. The van der Waals surface area contributed by atoms with E-state index in [1.807, 2.05) is 12.1 Å². The fourth-order valence-corrected chi connectivity index (χ4v) is 2.20. The zero-order chi connectivity index (χ0) is 18.2. The Morgan fingerprint density at radius 3 is 2.32 bits per heavy atom. The molecule has 0 fully saturated rings. The number of amides is 1. The van der Waals surface area contributed by atoms with Gasteiger partial charge in [-0.25, -0.2) is 4.99 Å². The van der Waals surface area contributed by atoms with Crippen molar-refractivity contribution in [3.8, 4) is 11.5 Å². The summed E-state index contributed by atoms with van der Waals surface area (Å²) < 4.78 is 10.4. The summed E-state index contributed by atoms with van der Waals surface area (Å²) in [6, 6.07) is 12.6. The topological polar surface area (TPSA) is 112 Å². The van der Waals surface area contributed by atoms with Crippen LogP contribution >= 0.6 is 0 Å². The number of nitrogens with one attached hydrogen (secondary N) is 1. The van der Waals surface area contributed by atoms with Crippen LogP contribution in [0.25, 0.3) is 0 Å². The van der Waals surface area contributed by atoms with Crippen molar-refractivity contribution in [2.75, 3.05) is 20.0 Å². The predicted molar refractivity (Wildman–Crippen MR) is 97.6 cm³/mol. The van der Waals surface area contributed by atoms with Crippen LogP contribution in [-0.4, -0.2) is 26.1 Å². The highest BCUT2D eigenvalue weighted by molar-refractivity contribution is 5.97. The van der Waals surface area contributed by atoms with E-state index < -0.39 is 0 Å². The van der Waals surface area contributed by atoms with Gasteiger partial charge in [0.2, 0.25) is 5.91 Å². The molecular formula is C18H22N4O3. The van der Waals surface area contributed by atoms with Crippen molar-refractivity contribution in [1.82, 2.24) is 5.32 Å². The number of methoxy groups -OCH3 is 2. The zero-order valence-corrected chi connectivity index (χ0v) is 14.3. The zero-order valence-electron chi connectivity index (χ0n) is 14.3. The van der Waals surface area contributed by atoms with Crippen LogP contribution in [0.3, 0.4) is 0 Å². The molecule has 132 valence electrons. The Kier molecular flexibility index (Phi) is 6.22. The van der Waals surface area contributed by atoms with Crippen molar-refractivity contribution in [3.63, 3.8) is 0 Å². The maximum atomic E-state index is 12.1. The lowest BCUT2D eigenvalue weighted by molar-refractivity contribution is -0.119. The molecule has 0 heterocycles. The maximum Gasteiger partial charge on any atom is 0.231 e. The number of carbonyl (C=O) groups excluding carboxylic acids is 1. The summed E-state index contributed by atoms with van der Waals surface area (Å²) in [5.74, 6) is 0.988. The fourth-order valence-electron chi connectivity index (χ4n) is 2.20. The van der Waals surface area contributed by atoms with E-state index in [9.17, 15) is 4.79 Å². The number of anilines is 1. The third-order valence-corrected chi connectivity index (χ3v) is 3.49. The van der Waals surface area contributed by atoms with Gasteiger partial charge in [0.05, 0.1) is 27.2 Å². The van der Waals surface area contributed by atoms with Gasteiger partial charge < -0.3 is 20.9 Å². The van der Waals surface area contributed by atoms with Crippen LogP contribution in [0.5, 0.6) is 11.5 Å². The van der Waals surface area contributed by atoms with Crippen LogP contribution in [0, 0.1) is 0 Å². The molecule has 2 aromatic rings. The van der Waals surface area contributed by atoms with Crippen molar-refractivity contribution < 1.29 is 14.3 Å². The van der Waals surface area contributed by atoms with Crippen LogP contribution in [0.15, 0.2) is 47.5 Å². The number of ether oxygens (including phenoxy) is 2. The highest BCUT2D eigenvalue weighted by atomic mass is 16.5. The van der Waals surface area contributed by atoms with Gasteiger partial charge in [-0.1, -0.05) is 18.2 Å². The molecule has 0 aliphatic heterocycles. The lowest BCUT2D eigenvalue weighted by Crippen LogP contribution is -2.37. The molecular weight excluding hydrogens is 320 g/mol. The van der Waals surface area contributed by atoms with Crippen LogP contribution < -0.4 is 26.3 Å². The van der Waals surface area contributed by atoms with Gasteiger partial charge in [0.25, 0.3) is 0 Å². The van der Waals surface area contributed by atoms with E-state index in [-0.39, 0.29) is 18.3 Å². The summed E-state index contributed by atoms with van der Waals surface area (Å²) in [5, 5.41) is 2.57. The lowest BCUT2D eigenvalue weighted by Gasteiger charge is -2.09. The minimum atomic E-state index is -0.259. The van der Waals surface area contributed by atoms with Gasteiger partial charge in [-0.3, -0.25) is 10.1 Å². The number of guanidine groups is 1. The number of hydrogen-bond acceptors (Lipinski definition) is 5. The van der Waals surface area contributed by atoms with Crippen molar-refractivity contribution in [2.24, 2.45) is 10.7 Å². The Morgan fingerprint density at radius 2 is 1.68 bits per heavy atom. The number of rotatable bonds is 6. The van der Waals surface area contributed by atoms with E-state index in [4.69, 9.17) is 20.9 Å². The van der Waals surface area contributed by atoms with Crippen LogP contribution in [0.1, 0.15) is 11.1 Å². The Labute approximate surface area is 146 Å². The minimum absolute atomic E-state index is 0.0716. The lowest BCUT2D eigenvalue weighted by atomic mass is 10.1. The molecule has 25 heavy (non-hydrogen) atoms. The van der Waals surface area contributed by atoms with Gasteiger partial charge in [0.15, 0.2) is 17.5 Å². The molecule has 0 aromatic heterocycles. The summed E-state index contributed by atoms with van der Waals surface area (Å²) in [7, 11) is 3.10. The van der Waals surface area contributed by atoms with E-state index in [2.05, 4.69) is 10.3 Å². The SMILES string of the molecule is COc1ccc(CC(=O)NC(N)=NCc2ccc(N)cc2)cc1OC. The Balaban J connectivity index is 1.92. The molecule has 5 N–H and O–H groups in total. The second kappa shape index (κ2) is 8.58. The van der Waals surface area contributed by atoms with Gasteiger partial charge in [0, 0.05) is 5.69 Å². The van der Waals surface area contributed by atoms with Crippen LogP contribution in [-0.2, 0) is 17.8 Å². The number of nitrogens with two attached hydrogens (primary N) is 2. The number of aliphatic imine (C=N–C) groups is 1. The average molecular weight is 342 g/mol. The van der Waals surface area contributed by atoms with E-state index >= 15 is 0 Å². The third-order valence-electron chi connectivity index (χ3n) is 3.49. The first-order valence-electron chi connectivity index (χ1n) is 7.67. The van der Waals surface area contributed by atoms with Gasteiger partial charge in [0.1, 0.15) is 0 Å². The summed E-state index contributed by atoms with van der Waals surface area (Å²) in [5.41, 5.74) is 13.8. The van der Waals surface area contributed by atoms with Gasteiger partial charge in [-0.05, 0) is 35.4 Å². The van der Waals surface area contributed by atoms with Crippen LogP contribution in [0.2, 0.25) is 0 Å². The molecule has 2 rings (SSSR count). The molecule has 0 unspecified atom stereocenters. The van der Waals surface area contributed by atoms with Gasteiger partial charge in [-0.15, -0.1) is 0 Å². The van der Waals surface area contributed by atoms with Crippen molar-refractivity contribution >= 4 is 17.6 Å². The second-order valence-corrected chi connectivity index (χ2v) is 5.36. The Bertz CT molecular complexity index is 757. The summed E-state index contributed by atoms with van der Waals surface area (Å²) in [6.45, 7) is 0.364. The number of nitrogen functional groups attached to an aromatic ring is 1. The molecule has 0 aliphatic carbocycles. The molecule has 0 radical (unpaired) electrons. The van der Waals surface area contributed by atoms with Gasteiger partial charge >= 0.3 is 0 Å². The first-order chi connectivity index (χ1) is 12.0. The number of hydrogen-bond donors (Lipinski definition) is 3. The van der Waals surface area contributed by atoms with Gasteiger partial charge in [-0.2, -0.15) is 0 Å². The summed E-state index contributed by atoms with van der Waals surface area (Å²) in [4.78, 5) is 16.2. The molecule has 2 aromatic carbocycles. The Hall–Kier alpha value is -3.22. The molecule has 0 aliphatic rings. The molecule has 0 spiro atoms. The molecule has 7 heteroatoms. The fraction of sp³-hybridized carbons (Fsp3) is 0.222. The number of carbonyl (C=O) groups is 1. The van der Waals surface area contributed by atoms with E-state index in [1.54, 1.807) is 44.6 Å². The average Bonchev–Trinajstić information content (AvgIpc) is 2.61. The third kappa shape index (κ3) is 5.42. The second-order valence-electron chi connectivity index (χ2n) is 5.36. The highest BCUT2D eigenvalue weighted by Gasteiger charge is 2.09. The number of benzene rings is 2. The van der Waals surface area contributed by atoms with Crippen molar-refractivity contribution in [3.05, 3.63) is 53.6 Å². The predicted octanol–water partition coefficient (Wildman–Crippen LogP) is 1.46. The summed E-state index contributed by atoms with van der Waals surface area (Å²) in [6.07, 6.45) is 0.151. The van der Waals surface area contributed by atoms with E-state index in [0.29, 0.717) is 23.7 Å². The smallest absolute Gasteiger partial charge is 0.231 e. The first kappa shape index (κ1) is 18.1. The standard InChI is InChI=1S/C18H22N4O3/c1-24-15-8-5-13(9-16(15)25-2)10-17(23)22-18(20)21-11-12-3-6-14(19)7-4-12/h3-9H,10-11,19H2,1-2H3,(H3,20,21,22,23). The first-order valence-corrected chi connectivity index (χ1v) is 7.67. The number of nitrogens with zero attached hydrogens (tertiary/aromatic N) is 1. The molecule has 7 nitrogen and oxygen atoms in total. The monoisotopic (exact) mass is 342 g/mol. The van der Waals surface area contributed by atoms with E-state index in [1.165, 1.54) is 0 Å².